The van der Waals surface area contributed by atoms with E-state index in [2.05, 4.69) is 96.8 Å². The first kappa shape index (κ1) is 16.0. The molecule has 1 atom stereocenters. The third-order valence-electron chi connectivity index (χ3n) is 6.39. The Balaban J connectivity index is 1.70. The van der Waals surface area contributed by atoms with Crippen molar-refractivity contribution >= 4 is 23.3 Å². The van der Waals surface area contributed by atoms with Gasteiger partial charge in [0, 0.05) is 11.1 Å². The maximum absolute atomic E-state index is 6.11. The molecule has 0 bridgehead atoms. The van der Waals surface area contributed by atoms with Gasteiger partial charge in [-0.05, 0) is 62.8 Å². The standard InChI is InChI=1S/C29H16/c1-3-19-16-25-23-13-8-6-11-21(23)18-28(25)29(26(19)4-2)15-9-14-24-22-12-7-5-10-20(22)17-27(24)29/h1-2,5-18H. The van der Waals surface area contributed by atoms with Crippen LogP contribution in [0.2, 0.25) is 0 Å². The van der Waals surface area contributed by atoms with Gasteiger partial charge in [0.05, 0.1) is 5.41 Å². The second-order valence-electron chi connectivity index (χ2n) is 7.67. The average Bonchev–Trinajstić information content (AvgIpc) is 3.33. The number of allylic oxidation sites excluding steroid dienone is 10. The fraction of sp³-hybridized carbons (Fsp3) is 0.0345. The van der Waals surface area contributed by atoms with Crippen molar-refractivity contribution in [2.24, 2.45) is 5.41 Å². The van der Waals surface area contributed by atoms with E-state index in [1.807, 2.05) is 0 Å². The van der Waals surface area contributed by atoms with E-state index >= 15 is 0 Å². The van der Waals surface area contributed by atoms with Crippen LogP contribution in [0.4, 0.5) is 0 Å². The molecule has 0 heteroatoms. The quantitative estimate of drug-likeness (QED) is 0.497. The first-order valence-corrected chi connectivity index (χ1v) is 9.71. The predicted octanol–water partition coefficient (Wildman–Crippen LogP) is 6.08. The third kappa shape index (κ3) is 1.86. The summed E-state index contributed by atoms with van der Waals surface area (Å²) >= 11 is 0. The topological polar surface area (TPSA) is 0 Å². The summed E-state index contributed by atoms with van der Waals surface area (Å²) in [7, 11) is 0. The Bertz CT molecular complexity index is 1390. The van der Waals surface area contributed by atoms with Crippen molar-refractivity contribution in [3.8, 4) is 24.7 Å². The predicted molar refractivity (Wildman–Crippen MR) is 121 cm³/mol. The van der Waals surface area contributed by atoms with E-state index in [-0.39, 0.29) is 0 Å². The number of benzene rings is 2. The summed E-state index contributed by atoms with van der Waals surface area (Å²) in [6.45, 7) is 0. The molecule has 0 saturated carbocycles. The van der Waals surface area contributed by atoms with Gasteiger partial charge in [-0.3, -0.25) is 0 Å². The largest absolute Gasteiger partial charge is 0.115 e. The van der Waals surface area contributed by atoms with Gasteiger partial charge in [0.25, 0.3) is 0 Å². The molecule has 0 heterocycles. The van der Waals surface area contributed by atoms with Crippen molar-refractivity contribution in [2.75, 3.05) is 0 Å². The lowest BCUT2D eigenvalue weighted by Crippen LogP contribution is -2.30. The molecule has 0 saturated heterocycles. The molecule has 0 aromatic heterocycles. The van der Waals surface area contributed by atoms with Crippen LogP contribution in [0.1, 0.15) is 22.3 Å². The Morgan fingerprint density at radius 2 is 1.31 bits per heavy atom. The molecule has 6 rings (SSSR count). The van der Waals surface area contributed by atoms with Crippen LogP contribution in [-0.4, -0.2) is 0 Å². The monoisotopic (exact) mass is 364 g/mol. The highest BCUT2D eigenvalue weighted by Crippen LogP contribution is 2.62. The molecule has 0 amide bonds. The zero-order chi connectivity index (χ0) is 19.6. The molecule has 0 fully saturated rings. The van der Waals surface area contributed by atoms with Gasteiger partial charge in [0.1, 0.15) is 0 Å². The van der Waals surface area contributed by atoms with Gasteiger partial charge in [0.2, 0.25) is 0 Å². The highest BCUT2D eigenvalue weighted by atomic mass is 14.5. The van der Waals surface area contributed by atoms with Gasteiger partial charge in [-0.25, -0.2) is 0 Å². The normalized spacial score (nSPS) is 22.4. The zero-order valence-corrected chi connectivity index (χ0v) is 15.7. The summed E-state index contributed by atoms with van der Waals surface area (Å²) in [6.07, 6.45) is 25.3. The SMILES string of the molecule is C#CC1=C(C#C)C2(C=CC=C3C2=Cc2ccccc23)C2=Cc3ccccc3C2=C1. The molecule has 1 spiro atoms. The summed E-state index contributed by atoms with van der Waals surface area (Å²) in [5.41, 5.74) is 10.8. The number of rotatable bonds is 0. The van der Waals surface area contributed by atoms with Crippen molar-refractivity contribution in [3.63, 3.8) is 0 Å². The molecule has 4 aliphatic carbocycles. The Morgan fingerprint density at radius 3 is 1.97 bits per heavy atom. The van der Waals surface area contributed by atoms with Crippen LogP contribution in [0.5, 0.6) is 0 Å². The van der Waals surface area contributed by atoms with Gasteiger partial charge < -0.3 is 0 Å². The van der Waals surface area contributed by atoms with Crippen molar-refractivity contribution in [1.82, 2.24) is 0 Å². The minimum absolute atomic E-state index is 0.539. The van der Waals surface area contributed by atoms with Gasteiger partial charge in [0.15, 0.2) is 0 Å². The molecule has 0 N–H and O–H groups in total. The first-order valence-electron chi connectivity index (χ1n) is 9.71. The second kappa shape index (κ2) is 5.51. The van der Waals surface area contributed by atoms with E-state index in [0.29, 0.717) is 0 Å². The van der Waals surface area contributed by atoms with Crippen LogP contribution in [-0.2, 0) is 0 Å². The molecular weight excluding hydrogens is 348 g/mol. The highest BCUT2D eigenvalue weighted by Gasteiger charge is 2.49. The lowest BCUT2D eigenvalue weighted by molar-refractivity contribution is 0.718. The number of hydrogen-bond donors (Lipinski definition) is 0. The molecular formula is C29H16. The average molecular weight is 364 g/mol. The summed E-state index contributed by atoms with van der Waals surface area (Å²) in [5.74, 6) is 5.85. The summed E-state index contributed by atoms with van der Waals surface area (Å²) in [5, 5.41) is 0. The molecule has 0 aliphatic heterocycles. The van der Waals surface area contributed by atoms with Crippen molar-refractivity contribution in [2.45, 2.75) is 0 Å². The second-order valence-corrected chi connectivity index (χ2v) is 7.67. The van der Waals surface area contributed by atoms with E-state index in [0.717, 1.165) is 11.1 Å². The van der Waals surface area contributed by atoms with Gasteiger partial charge in [-0.2, -0.15) is 0 Å². The summed E-state index contributed by atoms with van der Waals surface area (Å²) < 4.78 is 0. The molecule has 4 aliphatic rings. The molecule has 29 heavy (non-hydrogen) atoms. The van der Waals surface area contributed by atoms with Crippen LogP contribution >= 0.6 is 0 Å². The smallest absolute Gasteiger partial charge is 0.0739 e. The zero-order valence-electron chi connectivity index (χ0n) is 15.7. The third-order valence-corrected chi connectivity index (χ3v) is 6.39. The minimum atomic E-state index is -0.539. The molecule has 132 valence electrons. The van der Waals surface area contributed by atoms with Crippen LogP contribution in [0.15, 0.2) is 95.1 Å². The van der Waals surface area contributed by atoms with E-state index in [9.17, 15) is 0 Å². The van der Waals surface area contributed by atoms with Crippen molar-refractivity contribution in [1.29, 1.82) is 0 Å². The molecule has 0 radical (unpaired) electrons. The fourth-order valence-electron chi connectivity index (χ4n) is 5.18. The lowest BCUT2D eigenvalue weighted by Gasteiger charge is -2.40. The Morgan fingerprint density at radius 1 is 0.690 bits per heavy atom. The summed E-state index contributed by atoms with van der Waals surface area (Å²) in [6, 6.07) is 17.0. The van der Waals surface area contributed by atoms with Crippen LogP contribution in [0.25, 0.3) is 23.3 Å². The summed E-state index contributed by atoms with van der Waals surface area (Å²) in [4.78, 5) is 0. The number of hydrogen-bond acceptors (Lipinski definition) is 0. The number of terminal acetylenes is 2. The fourth-order valence-corrected chi connectivity index (χ4v) is 5.18. The maximum Gasteiger partial charge on any atom is 0.0739 e. The van der Waals surface area contributed by atoms with Gasteiger partial charge in [-0.1, -0.05) is 78.6 Å². The van der Waals surface area contributed by atoms with Gasteiger partial charge >= 0.3 is 0 Å². The van der Waals surface area contributed by atoms with E-state index in [1.54, 1.807) is 0 Å². The Hall–Kier alpha value is -4.00. The number of fused-ring (bicyclic) bond motifs is 8. The van der Waals surface area contributed by atoms with Crippen LogP contribution in [0, 0.1) is 30.1 Å². The molecule has 1 unspecified atom stereocenters. The van der Waals surface area contributed by atoms with E-state index in [4.69, 9.17) is 12.8 Å². The van der Waals surface area contributed by atoms with Crippen LogP contribution < -0.4 is 0 Å². The van der Waals surface area contributed by atoms with Crippen molar-refractivity contribution in [3.05, 3.63) is 117 Å². The van der Waals surface area contributed by atoms with Crippen molar-refractivity contribution < 1.29 is 0 Å². The highest BCUT2D eigenvalue weighted by molar-refractivity contribution is 6.07. The Labute approximate surface area is 171 Å². The molecule has 0 nitrogen and oxygen atoms in total. The van der Waals surface area contributed by atoms with E-state index < -0.39 is 5.41 Å². The first-order chi connectivity index (χ1) is 14.3. The maximum atomic E-state index is 6.11. The van der Waals surface area contributed by atoms with Crippen LogP contribution in [0.3, 0.4) is 0 Å². The van der Waals surface area contributed by atoms with Gasteiger partial charge in [-0.15, -0.1) is 12.8 Å². The Kier molecular flexibility index (Phi) is 3.04. The molecule has 2 aromatic carbocycles. The minimum Gasteiger partial charge on any atom is -0.115 e. The van der Waals surface area contributed by atoms with E-state index in [1.165, 1.54) is 44.5 Å². The molecule has 2 aromatic rings. The lowest BCUT2D eigenvalue weighted by atomic mass is 9.60.